The second-order valence-electron chi connectivity index (χ2n) is 10.5. The highest BCUT2D eigenvalue weighted by molar-refractivity contribution is 6.05. The first-order chi connectivity index (χ1) is 20.2. The summed E-state index contributed by atoms with van der Waals surface area (Å²) < 4.78 is 0. The molecular formula is C31H33N7O4. The van der Waals surface area contributed by atoms with E-state index in [0.29, 0.717) is 54.3 Å². The molecule has 0 radical (unpaired) electrons. The van der Waals surface area contributed by atoms with Gasteiger partial charge in [0.2, 0.25) is 0 Å². The van der Waals surface area contributed by atoms with Crippen LogP contribution in [0.25, 0.3) is 11.3 Å². The molecule has 5 rings (SSSR count). The maximum absolute atomic E-state index is 12.9. The van der Waals surface area contributed by atoms with Crippen LogP contribution in [-0.2, 0) is 0 Å². The molecule has 1 aliphatic heterocycles. The quantitative estimate of drug-likeness (QED) is 0.264. The Morgan fingerprint density at radius 1 is 1.00 bits per heavy atom. The van der Waals surface area contributed by atoms with Crippen molar-refractivity contribution in [1.29, 1.82) is 0 Å². The number of aromatic amines is 1. The Bertz CT molecular complexity index is 1640. The van der Waals surface area contributed by atoms with Gasteiger partial charge >= 0.3 is 0 Å². The smallest absolute Gasteiger partial charge is 0.287 e. The number of hydrogen-bond donors (Lipinski definition) is 4. The van der Waals surface area contributed by atoms with E-state index in [1.807, 2.05) is 56.3 Å². The number of aliphatic hydroxyl groups excluding tert-OH is 1. The number of rotatable bonds is 7. The van der Waals surface area contributed by atoms with Crippen molar-refractivity contribution in [2.45, 2.75) is 25.9 Å². The Labute approximate surface area is 243 Å². The number of carbonyl (C=O) groups is 2. The van der Waals surface area contributed by atoms with Crippen molar-refractivity contribution in [3.05, 3.63) is 93.9 Å². The number of pyridine rings is 1. The van der Waals surface area contributed by atoms with Gasteiger partial charge in [0, 0.05) is 55.9 Å². The Morgan fingerprint density at radius 3 is 2.38 bits per heavy atom. The lowest BCUT2D eigenvalue weighted by atomic mass is 10.0. The summed E-state index contributed by atoms with van der Waals surface area (Å²) in [5.41, 5.74) is 4.41. The molecule has 0 unspecified atom stereocenters. The monoisotopic (exact) mass is 567 g/mol. The first-order valence-electron chi connectivity index (χ1n) is 13.7. The standard InChI is InChI=1S/C31H33N7O4/c1-19-24(5-4-6-25(19)34-29(40)20-7-10-22(11-8-20)37(2)3)26-17-27(30(41)36-35-26)33-28-12-9-21(18-32-28)31(42)38-15-13-23(39)14-16-38/h4-12,17-18,23,39H,13-16H2,1-3H3,(H,34,40)(H,36,41)(H,32,33,35). The number of likely N-dealkylation sites (tertiary alicyclic amines) is 1. The van der Waals surface area contributed by atoms with E-state index in [9.17, 15) is 19.5 Å². The fourth-order valence-corrected chi connectivity index (χ4v) is 4.77. The summed E-state index contributed by atoms with van der Waals surface area (Å²) in [4.78, 5) is 46.3. The Balaban J connectivity index is 1.31. The summed E-state index contributed by atoms with van der Waals surface area (Å²) in [7, 11) is 3.88. The summed E-state index contributed by atoms with van der Waals surface area (Å²) in [6, 6.07) is 17.7. The second kappa shape index (κ2) is 12.2. The van der Waals surface area contributed by atoms with Gasteiger partial charge in [-0.05, 0) is 73.9 Å². The van der Waals surface area contributed by atoms with Crippen LogP contribution in [0.1, 0.15) is 39.1 Å². The normalized spacial score (nSPS) is 13.5. The van der Waals surface area contributed by atoms with E-state index in [1.165, 1.54) is 6.20 Å². The zero-order valence-corrected chi connectivity index (χ0v) is 23.7. The summed E-state index contributed by atoms with van der Waals surface area (Å²) in [6.45, 7) is 2.88. The van der Waals surface area contributed by atoms with Crippen LogP contribution in [0.2, 0.25) is 0 Å². The molecule has 3 heterocycles. The minimum Gasteiger partial charge on any atom is -0.393 e. The highest BCUT2D eigenvalue weighted by atomic mass is 16.3. The topological polar surface area (TPSA) is 144 Å². The molecule has 0 spiro atoms. The van der Waals surface area contributed by atoms with Crippen molar-refractivity contribution in [2.75, 3.05) is 42.7 Å². The minimum absolute atomic E-state index is 0.141. The van der Waals surface area contributed by atoms with Crippen LogP contribution in [-0.4, -0.2) is 70.3 Å². The fourth-order valence-electron chi connectivity index (χ4n) is 4.77. The molecule has 2 aromatic carbocycles. The molecule has 2 amide bonds. The van der Waals surface area contributed by atoms with Gasteiger partial charge < -0.3 is 25.5 Å². The number of amides is 2. The molecule has 0 atom stereocenters. The maximum Gasteiger partial charge on any atom is 0.287 e. The predicted octanol–water partition coefficient (Wildman–Crippen LogP) is 3.80. The van der Waals surface area contributed by atoms with E-state index in [0.717, 1.165) is 16.8 Å². The fraction of sp³-hybridized carbons (Fsp3) is 0.258. The Hall–Kier alpha value is -5.03. The molecular weight excluding hydrogens is 534 g/mol. The third kappa shape index (κ3) is 6.31. The SMILES string of the molecule is Cc1c(NC(=O)c2ccc(N(C)C)cc2)cccc1-c1cc(Nc2ccc(C(=O)N3CCC(O)CC3)cn2)c(=O)[nH]n1. The van der Waals surface area contributed by atoms with Crippen LogP contribution in [0.5, 0.6) is 0 Å². The van der Waals surface area contributed by atoms with E-state index in [-0.39, 0.29) is 23.6 Å². The summed E-state index contributed by atoms with van der Waals surface area (Å²) >= 11 is 0. The molecule has 42 heavy (non-hydrogen) atoms. The number of nitrogens with zero attached hydrogens (tertiary/aromatic N) is 4. The van der Waals surface area contributed by atoms with Gasteiger partial charge in [0.05, 0.1) is 17.4 Å². The summed E-state index contributed by atoms with van der Waals surface area (Å²) in [5, 5.41) is 22.4. The first-order valence-corrected chi connectivity index (χ1v) is 13.7. The van der Waals surface area contributed by atoms with Crippen LogP contribution < -0.4 is 21.1 Å². The largest absolute Gasteiger partial charge is 0.393 e. The summed E-state index contributed by atoms with van der Waals surface area (Å²) in [5.74, 6) is 0.0162. The van der Waals surface area contributed by atoms with Gasteiger partial charge in [-0.25, -0.2) is 10.1 Å². The van der Waals surface area contributed by atoms with Gasteiger partial charge in [0.1, 0.15) is 11.5 Å². The minimum atomic E-state index is -0.434. The molecule has 2 aromatic heterocycles. The van der Waals surface area contributed by atoms with Crippen LogP contribution >= 0.6 is 0 Å². The van der Waals surface area contributed by atoms with Gasteiger partial charge in [-0.15, -0.1) is 0 Å². The van der Waals surface area contributed by atoms with Gasteiger partial charge in [0.15, 0.2) is 0 Å². The van der Waals surface area contributed by atoms with Crippen LogP contribution in [0.3, 0.4) is 0 Å². The molecule has 1 saturated heterocycles. The molecule has 4 N–H and O–H groups in total. The Kier molecular flexibility index (Phi) is 8.30. The number of carbonyl (C=O) groups excluding carboxylic acids is 2. The number of H-pyrrole nitrogens is 1. The second-order valence-corrected chi connectivity index (χ2v) is 10.5. The van der Waals surface area contributed by atoms with Gasteiger partial charge in [-0.3, -0.25) is 14.4 Å². The molecule has 1 fully saturated rings. The third-order valence-corrected chi connectivity index (χ3v) is 7.33. The molecule has 0 aliphatic carbocycles. The van der Waals surface area contributed by atoms with E-state index >= 15 is 0 Å². The van der Waals surface area contributed by atoms with Crippen LogP contribution in [0.15, 0.2) is 71.7 Å². The van der Waals surface area contributed by atoms with Crippen molar-refractivity contribution < 1.29 is 14.7 Å². The molecule has 4 aromatic rings. The molecule has 0 bridgehead atoms. The van der Waals surface area contributed by atoms with Crippen molar-refractivity contribution >= 4 is 34.7 Å². The lowest BCUT2D eigenvalue weighted by Crippen LogP contribution is -2.40. The van der Waals surface area contributed by atoms with Crippen LogP contribution in [0, 0.1) is 6.92 Å². The molecule has 11 nitrogen and oxygen atoms in total. The van der Waals surface area contributed by atoms with E-state index in [1.54, 1.807) is 35.2 Å². The highest BCUT2D eigenvalue weighted by Crippen LogP contribution is 2.28. The molecule has 11 heteroatoms. The average molecular weight is 568 g/mol. The van der Waals surface area contributed by atoms with Gasteiger partial charge in [0.25, 0.3) is 17.4 Å². The Morgan fingerprint density at radius 2 is 1.71 bits per heavy atom. The number of benzene rings is 2. The van der Waals surface area contributed by atoms with Crippen molar-refractivity contribution in [3.8, 4) is 11.3 Å². The van der Waals surface area contributed by atoms with E-state index < -0.39 is 5.56 Å². The number of piperidine rings is 1. The van der Waals surface area contributed by atoms with Crippen molar-refractivity contribution in [2.24, 2.45) is 0 Å². The zero-order valence-electron chi connectivity index (χ0n) is 23.7. The van der Waals surface area contributed by atoms with Gasteiger partial charge in [-0.2, -0.15) is 5.10 Å². The molecule has 1 aliphatic rings. The lowest BCUT2D eigenvalue weighted by Gasteiger charge is -2.29. The van der Waals surface area contributed by atoms with Crippen LogP contribution in [0.4, 0.5) is 22.9 Å². The molecule has 216 valence electrons. The van der Waals surface area contributed by atoms with Crippen molar-refractivity contribution in [3.63, 3.8) is 0 Å². The first kappa shape index (κ1) is 28.5. The summed E-state index contributed by atoms with van der Waals surface area (Å²) in [6.07, 6.45) is 2.23. The zero-order chi connectivity index (χ0) is 29.8. The average Bonchev–Trinajstić information content (AvgIpc) is 3.00. The highest BCUT2D eigenvalue weighted by Gasteiger charge is 2.22. The lowest BCUT2D eigenvalue weighted by molar-refractivity contribution is 0.0546. The van der Waals surface area contributed by atoms with E-state index in [2.05, 4.69) is 25.8 Å². The maximum atomic E-state index is 12.9. The van der Waals surface area contributed by atoms with E-state index in [4.69, 9.17) is 0 Å². The number of anilines is 4. The third-order valence-electron chi connectivity index (χ3n) is 7.33. The molecule has 0 saturated carbocycles. The number of aromatic nitrogens is 3. The number of nitrogens with one attached hydrogen (secondary N) is 3. The van der Waals surface area contributed by atoms with Gasteiger partial charge in [-0.1, -0.05) is 12.1 Å². The predicted molar refractivity (Wildman–Crippen MR) is 162 cm³/mol. The number of hydrogen-bond acceptors (Lipinski definition) is 8. The van der Waals surface area contributed by atoms with Crippen molar-refractivity contribution in [1.82, 2.24) is 20.1 Å². The number of aliphatic hydroxyl groups is 1.